The van der Waals surface area contributed by atoms with Crippen molar-refractivity contribution in [3.05, 3.63) is 53.6 Å². The molecule has 4 saturated carbocycles. The van der Waals surface area contributed by atoms with E-state index in [1.54, 1.807) is 12.1 Å². The summed E-state index contributed by atoms with van der Waals surface area (Å²) in [6.45, 7) is 23.4. The summed E-state index contributed by atoms with van der Waals surface area (Å²) in [5.74, 6) is 1.52. The zero-order valence-corrected chi connectivity index (χ0v) is 32.0. The molecular weight excluding hydrogens is 619 g/mol. The molecule has 0 unspecified atom stereocenters. The van der Waals surface area contributed by atoms with Gasteiger partial charge in [-0.05, 0) is 158 Å². The Kier molecular flexibility index (Phi) is 8.86. The molecule has 5 fully saturated rings. The number of hydrogen-bond acceptors (Lipinski definition) is 4. The number of rotatable bonds is 9. The number of carbonyl (C=O) groups excluding carboxylic acids is 1. The largest absolute Gasteiger partial charge is 0.478 e. The summed E-state index contributed by atoms with van der Waals surface area (Å²) >= 11 is 0. The fourth-order valence-corrected chi connectivity index (χ4v) is 14.3. The number of nitrogens with one attached hydrogen (secondary N) is 1. The van der Waals surface area contributed by atoms with Crippen LogP contribution in [0.25, 0.3) is 5.57 Å². The predicted molar refractivity (Wildman–Crippen MR) is 202 cm³/mol. The van der Waals surface area contributed by atoms with E-state index in [1.807, 2.05) is 17.0 Å². The molecule has 1 aliphatic heterocycles. The Morgan fingerprint density at radius 3 is 2.38 bits per heavy atom. The fraction of sp³-hybridized carbons (Fsp3) is 0.727. The van der Waals surface area contributed by atoms with E-state index in [1.165, 1.54) is 61.7 Å². The number of nitrogens with zero attached hydrogens (tertiary/aromatic N) is 1. The lowest BCUT2D eigenvalue weighted by Gasteiger charge is -2.75. The first-order chi connectivity index (χ1) is 23.5. The minimum absolute atomic E-state index is 0.0107. The van der Waals surface area contributed by atoms with E-state index < -0.39 is 5.97 Å². The van der Waals surface area contributed by atoms with Crippen LogP contribution in [0.3, 0.4) is 0 Å². The molecule has 1 aromatic rings. The lowest BCUT2D eigenvalue weighted by atomic mass is 9.30. The van der Waals surface area contributed by atoms with Gasteiger partial charge in [0.05, 0.1) is 5.56 Å². The molecule has 1 amide bonds. The first-order valence-corrected chi connectivity index (χ1v) is 20.0. The third-order valence-electron chi connectivity index (χ3n) is 17.0. The van der Waals surface area contributed by atoms with Crippen molar-refractivity contribution in [3.8, 4) is 0 Å². The number of aromatic carboxylic acids is 1. The summed E-state index contributed by atoms with van der Waals surface area (Å²) in [5.41, 5.74) is 12.7. The average Bonchev–Trinajstić information content (AvgIpc) is 3.66. The van der Waals surface area contributed by atoms with E-state index in [4.69, 9.17) is 5.73 Å². The van der Waals surface area contributed by atoms with Crippen LogP contribution < -0.4 is 11.1 Å². The number of amides is 1. The van der Waals surface area contributed by atoms with Crippen LogP contribution in [0.2, 0.25) is 0 Å². The van der Waals surface area contributed by atoms with Gasteiger partial charge in [0.1, 0.15) is 0 Å². The maximum absolute atomic E-state index is 12.2. The minimum atomic E-state index is -0.871. The summed E-state index contributed by atoms with van der Waals surface area (Å²) < 4.78 is 0. The first kappa shape index (κ1) is 35.9. The number of carbonyl (C=O) groups is 2. The Morgan fingerprint density at radius 2 is 1.72 bits per heavy atom. The topological polar surface area (TPSA) is 95.7 Å². The van der Waals surface area contributed by atoms with Gasteiger partial charge in [-0.15, -0.1) is 0 Å². The Balaban J connectivity index is 1.15. The molecule has 6 nitrogen and oxygen atoms in total. The molecule has 1 saturated heterocycles. The molecule has 0 bridgehead atoms. The normalized spacial score (nSPS) is 41.9. The van der Waals surface area contributed by atoms with Crippen LogP contribution in [0, 0.1) is 50.7 Å². The third-order valence-corrected chi connectivity index (χ3v) is 17.0. The second-order valence-electron chi connectivity index (χ2n) is 19.3. The van der Waals surface area contributed by atoms with Gasteiger partial charge >= 0.3 is 5.97 Å². The molecule has 7 rings (SSSR count). The predicted octanol–water partition coefficient (Wildman–Crippen LogP) is 8.72. The smallest absolute Gasteiger partial charge is 0.335 e. The lowest BCUT2D eigenvalue weighted by Crippen LogP contribution is -2.76. The summed E-state index contributed by atoms with van der Waals surface area (Å²) in [6.07, 6.45) is 15.9. The van der Waals surface area contributed by atoms with Crippen molar-refractivity contribution in [3.63, 3.8) is 0 Å². The Morgan fingerprint density at radius 1 is 1.00 bits per heavy atom. The molecule has 1 heterocycles. The van der Waals surface area contributed by atoms with Crippen LogP contribution >= 0.6 is 0 Å². The number of nitrogens with two attached hydrogens (primary N) is 1. The van der Waals surface area contributed by atoms with Crippen LogP contribution in [-0.2, 0) is 4.79 Å². The van der Waals surface area contributed by atoms with Crippen LogP contribution in [0.15, 0.2) is 42.5 Å². The molecule has 0 spiro atoms. The molecule has 274 valence electrons. The quantitative estimate of drug-likeness (QED) is 0.179. The van der Waals surface area contributed by atoms with E-state index >= 15 is 0 Å². The van der Waals surface area contributed by atoms with Crippen LogP contribution in [0.5, 0.6) is 0 Å². The van der Waals surface area contributed by atoms with Crippen LogP contribution in [-0.4, -0.2) is 53.6 Å². The second-order valence-corrected chi connectivity index (χ2v) is 19.3. The number of fused-ring (bicyclic) bond motifs is 7. The van der Waals surface area contributed by atoms with E-state index in [0.717, 1.165) is 58.3 Å². The van der Waals surface area contributed by atoms with Gasteiger partial charge in [-0.3, -0.25) is 4.79 Å². The highest BCUT2D eigenvalue weighted by Gasteiger charge is 2.74. The summed E-state index contributed by atoms with van der Waals surface area (Å²) in [6, 6.07) is 7.57. The van der Waals surface area contributed by atoms with Crippen molar-refractivity contribution in [2.24, 2.45) is 56.5 Å². The monoisotopic (exact) mass is 684 g/mol. The SMILES string of the molecule is C=C(C)[C@@H]1CC[C@]2(CNCCCN3CCCC3=O)CC[C@@]3(C)[C@]4(C)CC[C@H]5C(C)(C)C(c6ccc(C(=O)O)cc6)=CC[C@]5(C)[C@H]4CC[C@]3(N)[C@@H]12. The molecular formula is C44H65N3O3. The molecule has 6 heteroatoms. The van der Waals surface area contributed by atoms with Crippen molar-refractivity contribution < 1.29 is 14.7 Å². The van der Waals surface area contributed by atoms with E-state index in [0.29, 0.717) is 35.1 Å². The van der Waals surface area contributed by atoms with Crippen molar-refractivity contribution >= 4 is 17.4 Å². The molecule has 6 aliphatic rings. The molecule has 4 N–H and O–H groups in total. The zero-order valence-electron chi connectivity index (χ0n) is 32.0. The second kappa shape index (κ2) is 12.3. The van der Waals surface area contributed by atoms with Crippen molar-refractivity contribution in [2.45, 2.75) is 124 Å². The number of carboxylic acids is 1. The van der Waals surface area contributed by atoms with Crippen molar-refractivity contribution in [2.75, 3.05) is 26.2 Å². The molecule has 50 heavy (non-hydrogen) atoms. The molecule has 0 aromatic heterocycles. The van der Waals surface area contributed by atoms with E-state index in [9.17, 15) is 14.7 Å². The molecule has 0 radical (unpaired) electrons. The average molecular weight is 684 g/mol. The highest BCUT2D eigenvalue weighted by Crippen LogP contribution is 2.78. The zero-order chi connectivity index (χ0) is 35.9. The maximum atomic E-state index is 12.2. The molecule has 5 aliphatic carbocycles. The lowest BCUT2D eigenvalue weighted by molar-refractivity contribution is -0.234. The summed E-state index contributed by atoms with van der Waals surface area (Å²) in [4.78, 5) is 25.8. The van der Waals surface area contributed by atoms with E-state index in [2.05, 4.69) is 59.5 Å². The molecule has 9 atom stereocenters. The van der Waals surface area contributed by atoms with Gasteiger partial charge in [-0.25, -0.2) is 4.79 Å². The van der Waals surface area contributed by atoms with Gasteiger partial charge in [0.15, 0.2) is 0 Å². The Hall–Kier alpha value is -2.44. The number of benzene rings is 1. The highest BCUT2D eigenvalue weighted by molar-refractivity contribution is 5.88. The summed E-state index contributed by atoms with van der Waals surface area (Å²) in [5, 5.41) is 13.4. The van der Waals surface area contributed by atoms with Gasteiger partial charge in [-0.1, -0.05) is 65.0 Å². The standard InChI is InChI=1S/C44H65N3O3/c1-29(2)32-15-21-43(28-46-25-9-27-47-26-8-10-36(47)48)24-23-42(7)41(6)20-17-34-39(3,4)33(30-11-13-31(14-12-30)38(49)50)16-19-40(34,5)35(41)18-22-44(42,45)37(32)43/h11-14,16,32,34-35,37,46H,1,8-10,15,17-28,45H2,2-7H3,(H,49,50)/t32-,34-,35+,37-,40-,41+,42-,43+,44-/m0/s1. The third kappa shape index (κ3) is 5.07. The maximum Gasteiger partial charge on any atom is 0.335 e. The molecule has 1 aromatic carbocycles. The fourth-order valence-electron chi connectivity index (χ4n) is 14.3. The van der Waals surface area contributed by atoms with Gasteiger partial charge in [0, 0.05) is 31.6 Å². The number of carboxylic acid groups (broad SMARTS) is 1. The van der Waals surface area contributed by atoms with Gasteiger partial charge in [0.2, 0.25) is 5.91 Å². The number of allylic oxidation sites excluding steroid dienone is 3. The van der Waals surface area contributed by atoms with Crippen molar-refractivity contribution in [1.82, 2.24) is 10.2 Å². The number of likely N-dealkylation sites (tertiary alicyclic amines) is 1. The van der Waals surface area contributed by atoms with Crippen LogP contribution in [0.1, 0.15) is 135 Å². The number of hydrogen-bond donors (Lipinski definition) is 3. The summed E-state index contributed by atoms with van der Waals surface area (Å²) in [7, 11) is 0. The highest BCUT2D eigenvalue weighted by atomic mass is 16.4. The first-order valence-electron chi connectivity index (χ1n) is 20.0. The van der Waals surface area contributed by atoms with Gasteiger partial charge in [0.25, 0.3) is 0 Å². The van der Waals surface area contributed by atoms with E-state index in [-0.39, 0.29) is 32.6 Å². The van der Waals surface area contributed by atoms with Gasteiger partial charge < -0.3 is 21.1 Å². The van der Waals surface area contributed by atoms with Crippen LogP contribution in [0.4, 0.5) is 0 Å². The minimum Gasteiger partial charge on any atom is -0.478 e. The Bertz CT molecular complexity index is 1560. The van der Waals surface area contributed by atoms with Gasteiger partial charge in [-0.2, -0.15) is 0 Å². The van der Waals surface area contributed by atoms with Crippen molar-refractivity contribution in [1.29, 1.82) is 0 Å². The Labute approximate surface area is 302 Å².